The molecule has 2 aromatic rings. The number of nitriles is 1. The highest BCUT2D eigenvalue weighted by molar-refractivity contribution is 5.90. The first-order chi connectivity index (χ1) is 8.69. The van der Waals surface area contributed by atoms with Gasteiger partial charge in [-0.25, -0.2) is 0 Å². The zero-order chi connectivity index (χ0) is 13.0. The van der Waals surface area contributed by atoms with Crippen LogP contribution in [0.2, 0.25) is 0 Å². The van der Waals surface area contributed by atoms with Crippen LogP contribution in [0.3, 0.4) is 0 Å². The topological polar surface area (TPSA) is 70.7 Å². The van der Waals surface area contributed by atoms with Crippen LogP contribution in [-0.2, 0) is 11.3 Å². The van der Waals surface area contributed by atoms with Gasteiger partial charge in [-0.3, -0.25) is 9.48 Å². The van der Waals surface area contributed by atoms with Gasteiger partial charge in [0, 0.05) is 17.6 Å². The molecule has 1 heterocycles. The Bertz CT molecular complexity index is 592. The molecule has 0 unspecified atom stereocenters. The third kappa shape index (κ3) is 2.74. The van der Waals surface area contributed by atoms with Crippen LogP contribution < -0.4 is 5.32 Å². The van der Waals surface area contributed by atoms with Crippen LogP contribution in [0.25, 0.3) is 0 Å². The van der Waals surface area contributed by atoms with Crippen LogP contribution in [0.15, 0.2) is 36.5 Å². The number of hydrogen-bond acceptors (Lipinski definition) is 3. The summed E-state index contributed by atoms with van der Waals surface area (Å²) < 4.78 is 1.62. The van der Waals surface area contributed by atoms with Crippen molar-refractivity contribution >= 4 is 11.6 Å². The van der Waals surface area contributed by atoms with E-state index in [0.29, 0.717) is 11.3 Å². The van der Waals surface area contributed by atoms with Crippen molar-refractivity contribution in [2.24, 2.45) is 0 Å². The lowest BCUT2D eigenvalue weighted by Crippen LogP contribution is -2.20. The molecule has 1 N–H and O–H groups in total. The predicted octanol–water partition coefficient (Wildman–Crippen LogP) is 1.70. The summed E-state index contributed by atoms with van der Waals surface area (Å²) in [5, 5.41) is 15.5. The number of aryl methyl sites for hydroxylation is 1. The number of rotatable bonds is 3. The molecular weight excluding hydrogens is 228 g/mol. The van der Waals surface area contributed by atoms with E-state index in [1.165, 1.54) is 0 Å². The van der Waals surface area contributed by atoms with Crippen LogP contribution >= 0.6 is 0 Å². The monoisotopic (exact) mass is 240 g/mol. The van der Waals surface area contributed by atoms with Gasteiger partial charge in [-0.05, 0) is 37.3 Å². The second kappa shape index (κ2) is 5.15. The molecule has 0 fully saturated rings. The Labute approximate surface area is 105 Å². The molecule has 5 heteroatoms. The van der Waals surface area contributed by atoms with Crippen LogP contribution in [0.5, 0.6) is 0 Å². The van der Waals surface area contributed by atoms with Crippen molar-refractivity contribution in [3.63, 3.8) is 0 Å². The minimum absolute atomic E-state index is 0.147. The van der Waals surface area contributed by atoms with Gasteiger partial charge in [0.05, 0.1) is 11.6 Å². The molecule has 0 spiro atoms. The lowest BCUT2D eigenvalue weighted by molar-refractivity contribution is -0.116. The summed E-state index contributed by atoms with van der Waals surface area (Å²) in [4.78, 5) is 11.7. The van der Waals surface area contributed by atoms with Gasteiger partial charge < -0.3 is 5.32 Å². The number of amides is 1. The number of aromatic nitrogens is 2. The molecule has 0 saturated heterocycles. The summed E-state index contributed by atoms with van der Waals surface area (Å²) in [6, 6.07) is 10.6. The number of nitrogens with one attached hydrogen (secondary N) is 1. The average molecular weight is 240 g/mol. The van der Waals surface area contributed by atoms with Gasteiger partial charge in [0.1, 0.15) is 6.54 Å². The van der Waals surface area contributed by atoms with Crippen molar-refractivity contribution in [2.75, 3.05) is 5.32 Å². The summed E-state index contributed by atoms with van der Waals surface area (Å²) in [6.45, 7) is 2.07. The van der Waals surface area contributed by atoms with Crippen LogP contribution in [0.4, 0.5) is 5.69 Å². The predicted molar refractivity (Wildman–Crippen MR) is 66.8 cm³/mol. The van der Waals surface area contributed by atoms with E-state index in [4.69, 9.17) is 5.26 Å². The van der Waals surface area contributed by atoms with Crippen molar-refractivity contribution in [3.8, 4) is 6.07 Å². The number of anilines is 1. The van der Waals surface area contributed by atoms with Gasteiger partial charge in [-0.1, -0.05) is 0 Å². The van der Waals surface area contributed by atoms with E-state index in [-0.39, 0.29) is 12.5 Å². The van der Waals surface area contributed by atoms with E-state index in [9.17, 15) is 4.79 Å². The zero-order valence-electron chi connectivity index (χ0n) is 9.92. The highest BCUT2D eigenvalue weighted by Crippen LogP contribution is 2.09. The first kappa shape index (κ1) is 11.9. The lowest BCUT2D eigenvalue weighted by Gasteiger charge is -2.06. The summed E-state index contributed by atoms with van der Waals surface area (Å²) in [7, 11) is 0. The van der Waals surface area contributed by atoms with Crippen LogP contribution in [-0.4, -0.2) is 15.7 Å². The van der Waals surface area contributed by atoms with Crippen molar-refractivity contribution in [3.05, 3.63) is 47.8 Å². The SMILES string of the molecule is Cc1ccnn1CC(=O)Nc1ccc(C#N)cc1. The first-order valence-corrected chi connectivity index (χ1v) is 5.47. The third-order valence-corrected chi connectivity index (χ3v) is 2.52. The summed E-state index contributed by atoms with van der Waals surface area (Å²) >= 11 is 0. The number of hydrogen-bond donors (Lipinski definition) is 1. The molecule has 0 aliphatic carbocycles. The minimum atomic E-state index is -0.147. The van der Waals surface area contributed by atoms with Gasteiger partial charge in [0.2, 0.25) is 5.91 Å². The van der Waals surface area contributed by atoms with Gasteiger partial charge in [-0.15, -0.1) is 0 Å². The Balaban J connectivity index is 1.99. The molecule has 18 heavy (non-hydrogen) atoms. The molecule has 0 bridgehead atoms. The molecule has 1 aromatic carbocycles. The smallest absolute Gasteiger partial charge is 0.246 e. The molecule has 2 rings (SSSR count). The summed E-state index contributed by atoms with van der Waals surface area (Å²) in [5.41, 5.74) is 2.17. The molecule has 5 nitrogen and oxygen atoms in total. The highest BCUT2D eigenvalue weighted by atomic mass is 16.2. The molecule has 0 atom stereocenters. The molecule has 0 aliphatic heterocycles. The van der Waals surface area contributed by atoms with Crippen LogP contribution in [0.1, 0.15) is 11.3 Å². The Morgan fingerprint density at radius 3 is 2.67 bits per heavy atom. The van der Waals surface area contributed by atoms with Crippen molar-refractivity contribution in [2.45, 2.75) is 13.5 Å². The highest BCUT2D eigenvalue weighted by Gasteiger charge is 2.05. The fraction of sp³-hybridized carbons (Fsp3) is 0.154. The number of nitrogens with zero attached hydrogens (tertiary/aromatic N) is 3. The van der Waals surface area contributed by atoms with Gasteiger partial charge in [0.15, 0.2) is 0 Å². The summed E-state index contributed by atoms with van der Waals surface area (Å²) in [5.74, 6) is -0.147. The second-order valence-electron chi connectivity index (χ2n) is 3.87. The fourth-order valence-electron chi connectivity index (χ4n) is 1.53. The molecule has 1 amide bonds. The number of benzene rings is 1. The van der Waals surface area contributed by atoms with E-state index in [0.717, 1.165) is 5.69 Å². The first-order valence-electron chi connectivity index (χ1n) is 5.47. The largest absolute Gasteiger partial charge is 0.324 e. The third-order valence-electron chi connectivity index (χ3n) is 2.52. The maximum absolute atomic E-state index is 11.7. The van der Waals surface area contributed by atoms with Gasteiger partial charge in [-0.2, -0.15) is 10.4 Å². The lowest BCUT2D eigenvalue weighted by atomic mass is 10.2. The Hall–Kier alpha value is -2.61. The maximum Gasteiger partial charge on any atom is 0.246 e. The van der Waals surface area contributed by atoms with Crippen molar-refractivity contribution < 1.29 is 4.79 Å². The minimum Gasteiger partial charge on any atom is -0.324 e. The fourth-order valence-corrected chi connectivity index (χ4v) is 1.53. The Morgan fingerprint density at radius 1 is 1.39 bits per heavy atom. The molecule has 0 radical (unpaired) electrons. The average Bonchev–Trinajstić information content (AvgIpc) is 2.76. The van der Waals surface area contributed by atoms with Crippen LogP contribution in [0, 0.1) is 18.3 Å². The van der Waals surface area contributed by atoms with E-state index >= 15 is 0 Å². The van der Waals surface area contributed by atoms with Crippen molar-refractivity contribution in [1.29, 1.82) is 5.26 Å². The van der Waals surface area contributed by atoms with E-state index < -0.39 is 0 Å². The molecule has 1 aromatic heterocycles. The normalized spacial score (nSPS) is 9.78. The van der Waals surface area contributed by atoms with E-state index in [1.807, 2.05) is 19.1 Å². The van der Waals surface area contributed by atoms with E-state index in [2.05, 4.69) is 10.4 Å². The number of carbonyl (C=O) groups excluding carboxylic acids is 1. The zero-order valence-corrected chi connectivity index (χ0v) is 9.92. The Morgan fingerprint density at radius 2 is 2.11 bits per heavy atom. The maximum atomic E-state index is 11.7. The second-order valence-corrected chi connectivity index (χ2v) is 3.87. The van der Waals surface area contributed by atoms with E-state index in [1.54, 1.807) is 35.1 Å². The quantitative estimate of drug-likeness (QED) is 0.887. The van der Waals surface area contributed by atoms with Gasteiger partial charge in [0.25, 0.3) is 0 Å². The standard InChI is InChI=1S/C13H12N4O/c1-10-6-7-15-17(10)9-13(18)16-12-4-2-11(8-14)3-5-12/h2-7H,9H2,1H3,(H,16,18). The number of carbonyl (C=O) groups is 1. The molecule has 90 valence electrons. The molecule has 0 saturated carbocycles. The van der Waals surface area contributed by atoms with Crippen molar-refractivity contribution in [1.82, 2.24) is 9.78 Å². The summed E-state index contributed by atoms with van der Waals surface area (Å²) in [6.07, 6.45) is 1.66. The molecular formula is C13H12N4O. The molecule has 0 aliphatic rings. The Kier molecular flexibility index (Phi) is 3.39. The van der Waals surface area contributed by atoms with Gasteiger partial charge >= 0.3 is 0 Å².